The van der Waals surface area contributed by atoms with Gasteiger partial charge < -0.3 is 10.1 Å². The predicted octanol–water partition coefficient (Wildman–Crippen LogP) is 5.11. The minimum absolute atomic E-state index is 0.0358. The smallest absolute Gasteiger partial charge is 0.278 e. The Labute approximate surface area is 226 Å². The van der Waals surface area contributed by atoms with Crippen LogP contribution >= 0.6 is 35.3 Å². The molecule has 7 nitrogen and oxygen atoms in total. The van der Waals surface area contributed by atoms with Crippen LogP contribution in [0.5, 0.6) is 0 Å². The molecule has 4 aromatic rings. The number of thioether (sulfide) groups is 1. The summed E-state index contributed by atoms with van der Waals surface area (Å²) in [5.74, 6) is -0.592. The molecule has 1 amide bonds. The molecule has 1 aliphatic rings. The van der Waals surface area contributed by atoms with E-state index in [2.05, 4.69) is 5.32 Å². The lowest BCUT2D eigenvalue weighted by atomic mass is 10.2. The van der Waals surface area contributed by atoms with Gasteiger partial charge in [-0.2, -0.15) is 0 Å². The Hall–Kier alpha value is -2.86. The maximum absolute atomic E-state index is 14.8. The van der Waals surface area contributed by atoms with Gasteiger partial charge in [-0.25, -0.2) is 9.37 Å². The van der Waals surface area contributed by atoms with Crippen molar-refractivity contribution in [2.45, 2.75) is 37.9 Å². The SMILES string of the molecule is Cc1ccc(-n2c(SCC(=O)NCC3CCCO3)nc3c(sc(=S)n3-c3cc(C)ccc3F)c2=O)cc1. The number of hydrogen-bond donors (Lipinski definition) is 1. The Morgan fingerprint density at radius 3 is 2.70 bits per heavy atom. The highest BCUT2D eigenvalue weighted by atomic mass is 32.2. The van der Waals surface area contributed by atoms with E-state index in [-0.39, 0.29) is 34.7 Å². The molecule has 5 rings (SSSR count). The van der Waals surface area contributed by atoms with E-state index in [1.165, 1.54) is 15.2 Å². The Balaban J connectivity index is 1.58. The van der Waals surface area contributed by atoms with E-state index in [0.29, 0.717) is 26.0 Å². The van der Waals surface area contributed by atoms with Gasteiger partial charge in [0.1, 0.15) is 10.5 Å². The molecule has 1 unspecified atom stereocenters. The molecule has 1 saturated heterocycles. The molecular formula is C26H25FN4O3S3. The summed E-state index contributed by atoms with van der Waals surface area (Å²) < 4.78 is 24.0. The Bertz CT molecular complexity index is 1590. The molecule has 0 bridgehead atoms. The predicted molar refractivity (Wildman–Crippen MR) is 148 cm³/mol. The number of amides is 1. The fourth-order valence-electron chi connectivity index (χ4n) is 4.17. The second-order valence-corrected chi connectivity index (χ2v) is 11.5. The molecular weight excluding hydrogens is 532 g/mol. The first-order valence-corrected chi connectivity index (χ1v) is 14.1. The fraction of sp³-hybridized carbons (Fsp3) is 0.308. The number of nitrogens with zero attached hydrogens (tertiary/aromatic N) is 3. The lowest BCUT2D eigenvalue weighted by Gasteiger charge is -2.14. The summed E-state index contributed by atoms with van der Waals surface area (Å²) in [5, 5.41) is 3.22. The number of halogens is 1. The number of aryl methyl sites for hydroxylation is 2. The molecule has 0 aliphatic carbocycles. The van der Waals surface area contributed by atoms with Gasteiger partial charge in [0.25, 0.3) is 5.56 Å². The van der Waals surface area contributed by atoms with Crippen LogP contribution in [0.3, 0.4) is 0 Å². The summed E-state index contributed by atoms with van der Waals surface area (Å²) in [6.07, 6.45) is 1.96. The van der Waals surface area contributed by atoms with Gasteiger partial charge in [-0.1, -0.05) is 46.9 Å². The van der Waals surface area contributed by atoms with Gasteiger partial charge in [0, 0.05) is 13.2 Å². The van der Waals surface area contributed by atoms with Crippen molar-refractivity contribution in [1.29, 1.82) is 0 Å². The molecule has 2 aromatic carbocycles. The highest BCUT2D eigenvalue weighted by molar-refractivity contribution is 7.99. The zero-order valence-corrected chi connectivity index (χ0v) is 22.8. The van der Waals surface area contributed by atoms with Crippen molar-refractivity contribution in [3.63, 3.8) is 0 Å². The van der Waals surface area contributed by atoms with Crippen LogP contribution in [-0.4, -0.2) is 45.0 Å². The van der Waals surface area contributed by atoms with Gasteiger partial charge in [-0.15, -0.1) is 0 Å². The van der Waals surface area contributed by atoms with Crippen LogP contribution in [0, 0.1) is 23.6 Å². The average Bonchev–Trinajstić information content (AvgIpc) is 3.51. The van der Waals surface area contributed by atoms with Crippen LogP contribution in [0.15, 0.2) is 52.4 Å². The van der Waals surface area contributed by atoms with E-state index in [1.807, 2.05) is 38.1 Å². The second-order valence-electron chi connectivity index (χ2n) is 8.91. The zero-order chi connectivity index (χ0) is 26.1. The normalized spacial score (nSPS) is 15.4. The van der Waals surface area contributed by atoms with E-state index < -0.39 is 5.82 Å². The third kappa shape index (κ3) is 5.40. The highest BCUT2D eigenvalue weighted by Crippen LogP contribution is 2.29. The van der Waals surface area contributed by atoms with E-state index in [1.54, 1.807) is 12.1 Å². The Morgan fingerprint density at radius 2 is 1.97 bits per heavy atom. The lowest BCUT2D eigenvalue weighted by molar-refractivity contribution is -0.119. The molecule has 192 valence electrons. The van der Waals surface area contributed by atoms with Crippen LogP contribution in [0.4, 0.5) is 4.39 Å². The number of thiazole rings is 1. The number of nitrogens with one attached hydrogen (secondary N) is 1. The molecule has 1 fully saturated rings. The minimum Gasteiger partial charge on any atom is -0.376 e. The molecule has 1 N–H and O–H groups in total. The van der Waals surface area contributed by atoms with Crippen LogP contribution in [0.25, 0.3) is 21.7 Å². The Kier molecular flexibility index (Phi) is 7.57. The van der Waals surface area contributed by atoms with Gasteiger partial charge in [0.2, 0.25) is 5.91 Å². The lowest BCUT2D eigenvalue weighted by Crippen LogP contribution is -2.33. The molecule has 3 heterocycles. The third-order valence-electron chi connectivity index (χ3n) is 6.09. The van der Waals surface area contributed by atoms with Gasteiger partial charge in [0.15, 0.2) is 14.8 Å². The van der Waals surface area contributed by atoms with Crippen LogP contribution in [-0.2, 0) is 9.53 Å². The molecule has 0 saturated carbocycles. The summed E-state index contributed by atoms with van der Waals surface area (Å²) in [5.41, 5.74) is 2.71. The van der Waals surface area contributed by atoms with Crippen LogP contribution in [0.1, 0.15) is 24.0 Å². The quantitative estimate of drug-likeness (QED) is 0.194. The summed E-state index contributed by atoms with van der Waals surface area (Å²) in [6, 6.07) is 12.2. The number of hydrogen-bond acceptors (Lipinski definition) is 7. The first-order valence-electron chi connectivity index (χ1n) is 11.8. The summed E-state index contributed by atoms with van der Waals surface area (Å²) in [6.45, 7) is 4.99. The highest BCUT2D eigenvalue weighted by Gasteiger charge is 2.22. The van der Waals surface area contributed by atoms with Crippen molar-refractivity contribution in [3.05, 3.63) is 73.7 Å². The summed E-state index contributed by atoms with van der Waals surface area (Å²) in [4.78, 5) is 31.2. The number of fused-ring (bicyclic) bond motifs is 1. The van der Waals surface area contributed by atoms with Gasteiger partial charge >= 0.3 is 0 Å². The molecule has 0 radical (unpaired) electrons. The van der Waals surface area contributed by atoms with E-state index in [4.69, 9.17) is 21.9 Å². The molecule has 2 aromatic heterocycles. The molecule has 11 heteroatoms. The average molecular weight is 557 g/mol. The second kappa shape index (κ2) is 10.9. The molecule has 1 aliphatic heterocycles. The number of aromatic nitrogens is 3. The Morgan fingerprint density at radius 1 is 1.22 bits per heavy atom. The topological polar surface area (TPSA) is 78.2 Å². The van der Waals surface area contributed by atoms with Gasteiger partial charge in [0.05, 0.1) is 23.2 Å². The molecule has 1 atom stereocenters. The maximum atomic E-state index is 14.8. The van der Waals surface area contributed by atoms with Crippen molar-refractivity contribution in [3.8, 4) is 11.4 Å². The maximum Gasteiger partial charge on any atom is 0.278 e. The number of carbonyl (C=O) groups is 1. The summed E-state index contributed by atoms with van der Waals surface area (Å²) >= 11 is 7.80. The first kappa shape index (κ1) is 25.8. The summed E-state index contributed by atoms with van der Waals surface area (Å²) in [7, 11) is 0. The van der Waals surface area contributed by atoms with E-state index in [9.17, 15) is 14.0 Å². The number of carbonyl (C=O) groups excluding carboxylic acids is 1. The van der Waals surface area contributed by atoms with Crippen molar-refractivity contribution in [2.75, 3.05) is 18.9 Å². The largest absolute Gasteiger partial charge is 0.376 e. The van der Waals surface area contributed by atoms with Crippen molar-refractivity contribution < 1.29 is 13.9 Å². The fourth-order valence-corrected chi connectivity index (χ4v) is 6.30. The number of benzene rings is 2. The zero-order valence-electron chi connectivity index (χ0n) is 20.3. The third-order valence-corrected chi connectivity index (χ3v) is 8.38. The van der Waals surface area contributed by atoms with Gasteiger partial charge in [-0.3, -0.25) is 18.7 Å². The van der Waals surface area contributed by atoms with Crippen molar-refractivity contribution in [1.82, 2.24) is 19.4 Å². The molecule has 0 spiro atoms. The van der Waals surface area contributed by atoms with E-state index >= 15 is 0 Å². The first-order chi connectivity index (χ1) is 17.8. The minimum atomic E-state index is -0.464. The van der Waals surface area contributed by atoms with Crippen molar-refractivity contribution >= 4 is 51.6 Å². The monoisotopic (exact) mass is 556 g/mol. The standard InChI is InChI=1S/C26H25FN4O3S3/c1-15-5-8-17(9-6-15)30-24(33)22-23(31(26(35)37-22)20-12-16(2)7-10-19(20)27)29-25(30)36-14-21(32)28-13-18-4-3-11-34-18/h5-10,12,18H,3-4,11,13-14H2,1-2H3,(H,28,32). The van der Waals surface area contributed by atoms with Gasteiger partial charge in [-0.05, 0) is 68.7 Å². The molecule has 37 heavy (non-hydrogen) atoms. The number of rotatable bonds is 7. The van der Waals surface area contributed by atoms with Crippen LogP contribution in [0.2, 0.25) is 0 Å². The van der Waals surface area contributed by atoms with E-state index in [0.717, 1.165) is 53.7 Å². The number of ether oxygens (including phenoxy) is 1. The van der Waals surface area contributed by atoms with Crippen LogP contribution < -0.4 is 10.9 Å². The van der Waals surface area contributed by atoms with Crippen molar-refractivity contribution in [2.24, 2.45) is 0 Å².